The third kappa shape index (κ3) is 4.50. The number of carbonyl (C=O) groups excluding carboxylic acids is 1. The second-order valence-corrected chi connectivity index (χ2v) is 7.08. The zero-order valence-electron chi connectivity index (χ0n) is 14.9. The minimum atomic E-state index is -0.237. The fourth-order valence-corrected chi connectivity index (χ4v) is 3.73. The number of aliphatic hydroxyl groups is 1. The van der Waals surface area contributed by atoms with Crippen LogP contribution in [0.3, 0.4) is 0 Å². The Morgan fingerprint density at radius 3 is 2.76 bits per heavy atom. The molecule has 0 aromatic heterocycles. The molecule has 0 bridgehead atoms. The number of hydrogen-bond donors (Lipinski definition) is 2. The van der Waals surface area contributed by atoms with Gasteiger partial charge in [0.1, 0.15) is 5.82 Å². The van der Waals surface area contributed by atoms with E-state index in [4.69, 9.17) is 0 Å². The standard InChI is InChI=1S/C19H28FN3O2/c1-14(21-8-12-23-9-2-3-19(23)25)17-13-15(20)4-5-18(17)22-10-6-16(24)7-11-22/h4-5,13-14,16,21,24H,2-3,6-12H2,1H3. The van der Waals surface area contributed by atoms with Gasteiger partial charge >= 0.3 is 0 Å². The molecule has 6 heteroatoms. The zero-order valence-corrected chi connectivity index (χ0v) is 14.9. The van der Waals surface area contributed by atoms with Gasteiger partial charge in [-0.1, -0.05) is 0 Å². The van der Waals surface area contributed by atoms with Gasteiger partial charge in [0.05, 0.1) is 6.10 Å². The summed E-state index contributed by atoms with van der Waals surface area (Å²) in [6.45, 7) is 5.84. The van der Waals surface area contributed by atoms with Crippen LogP contribution in [-0.4, -0.2) is 54.7 Å². The molecule has 1 aromatic rings. The van der Waals surface area contributed by atoms with Gasteiger partial charge in [-0.05, 0) is 49.9 Å². The van der Waals surface area contributed by atoms with E-state index < -0.39 is 0 Å². The minimum Gasteiger partial charge on any atom is -0.393 e. The highest BCUT2D eigenvalue weighted by Gasteiger charge is 2.23. The first-order chi connectivity index (χ1) is 12.0. The Morgan fingerprint density at radius 1 is 1.32 bits per heavy atom. The Kier molecular flexibility index (Phi) is 5.91. The molecule has 138 valence electrons. The van der Waals surface area contributed by atoms with Crippen molar-refractivity contribution in [3.63, 3.8) is 0 Å². The summed E-state index contributed by atoms with van der Waals surface area (Å²) in [5.41, 5.74) is 1.97. The third-order valence-corrected chi connectivity index (χ3v) is 5.26. The second kappa shape index (κ2) is 8.15. The number of benzene rings is 1. The maximum Gasteiger partial charge on any atom is 0.222 e. The fourth-order valence-electron chi connectivity index (χ4n) is 3.73. The van der Waals surface area contributed by atoms with Crippen molar-refractivity contribution in [2.75, 3.05) is 37.6 Å². The van der Waals surface area contributed by atoms with E-state index in [1.165, 1.54) is 6.07 Å². The molecule has 1 unspecified atom stereocenters. The molecule has 1 aromatic carbocycles. The molecule has 2 saturated heterocycles. The van der Waals surface area contributed by atoms with Gasteiger partial charge in [-0.25, -0.2) is 4.39 Å². The SMILES string of the molecule is CC(NCCN1CCCC1=O)c1cc(F)ccc1N1CCC(O)CC1. The van der Waals surface area contributed by atoms with Gasteiger partial charge in [0, 0.05) is 50.9 Å². The summed E-state index contributed by atoms with van der Waals surface area (Å²) in [4.78, 5) is 15.8. The van der Waals surface area contributed by atoms with E-state index in [0.29, 0.717) is 19.5 Å². The maximum absolute atomic E-state index is 13.8. The summed E-state index contributed by atoms with van der Waals surface area (Å²) in [7, 11) is 0. The Morgan fingerprint density at radius 2 is 2.08 bits per heavy atom. The van der Waals surface area contributed by atoms with Crippen molar-refractivity contribution < 1.29 is 14.3 Å². The number of piperidine rings is 1. The topological polar surface area (TPSA) is 55.8 Å². The number of rotatable bonds is 6. The van der Waals surface area contributed by atoms with Crippen LogP contribution < -0.4 is 10.2 Å². The lowest BCUT2D eigenvalue weighted by atomic mass is 10.0. The summed E-state index contributed by atoms with van der Waals surface area (Å²) < 4.78 is 13.8. The molecule has 1 amide bonds. The van der Waals surface area contributed by atoms with Crippen LogP contribution in [0.25, 0.3) is 0 Å². The summed E-state index contributed by atoms with van der Waals surface area (Å²) in [5, 5.41) is 13.1. The number of likely N-dealkylation sites (tertiary alicyclic amines) is 1. The molecule has 0 spiro atoms. The second-order valence-electron chi connectivity index (χ2n) is 7.08. The van der Waals surface area contributed by atoms with Crippen molar-refractivity contribution in [2.24, 2.45) is 0 Å². The van der Waals surface area contributed by atoms with Crippen molar-refractivity contribution >= 4 is 11.6 Å². The van der Waals surface area contributed by atoms with Crippen molar-refractivity contribution in [2.45, 2.75) is 44.8 Å². The monoisotopic (exact) mass is 349 g/mol. The number of amides is 1. The smallest absolute Gasteiger partial charge is 0.222 e. The van der Waals surface area contributed by atoms with Gasteiger partial charge in [-0.15, -0.1) is 0 Å². The summed E-state index contributed by atoms with van der Waals surface area (Å²) in [6, 6.07) is 4.93. The summed E-state index contributed by atoms with van der Waals surface area (Å²) in [6.07, 6.45) is 2.87. The molecule has 5 nitrogen and oxygen atoms in total. The van der Waals surface area contributed by atoms with Gasteiger partial charge in [0.15, 0.2) is 0 Å². The van der Waals surface area contributed by atoms with Crippen LogP contribution in [0, 0.1) is 5.82 Å². The fraction of sp³-hybridized carbons (Fsp3) is 0.632. The summed E-state index contributed by atoms with van der Waals surface area (Å²) >= 11 is 0. The lowest BCUT2D eigenvalue weighted by Gasteiger charge is -2.34. The molecule has 2 aliphatic rings. The first-order valence-corrected chi connectivity index (χ1v) is 9.28. The highest BCUT2D eigenvalue weighted by Crippen LogP contribution is 2.29. The molecular formula is C19H28FN3O2. The molecule has 0 saturated carbocycles. The number of anilines is 1. The van der Waals surface area contributed by atoms with Crippen LogP contribution in [0.4, 0.5) is 10.1 Å². The van der Waals surface area contributed by atoms with Crippen molar-refractivity contribution in [1.82, 2.24) is 10.2 Å². The zero-order chi connectivity index (χ0) is 17.8. The van der Waals surface area contributed by atoms with Gasteiger partial charge in [0.2, 0.25) is 5.91 Å². The molecule has 3 rings (SSSR count). The Balaban J connectivity index is 1.63. The normalized spacial score (nSPS) is 20.4. The third-order valence-electron chi connectivity index (χ3n) is 5.26. The number of aliphatic hydroxyl groups excluding tert-OH is 1. The highest BCUT2D eigenvalue weighted by atomic mass is 19.1. The van der Waals surface area contributed by atoms with Crippen LogP contribution in [0.1, 0.15) is 44.2 Å². The number of nitrogens with zero attached hydrogens (tertiary/aromatic N) is 2. The molecule has 2 aliphatic heterocycles. The highest BCUT2D eigenvalue weighted by molar-refractivity contribution is 5.78. The average Bonchev–Trinajstić information content (AvgIpc) is 3.01. The first kappa shape index (κ1) is 18.1. The van der Waals surface area contributed by atoms with E-state index in [9.17, 15) is 14.3 Å². The quantitative estimate of drug-likeness (QED) is 0.825. The van der Waals surface area contributed by atoms with Crippen molar-refractivity contribution in [3.05, 3.63) is 29.6 Å². The molecule has 25 heavy (non-hydrogen) atoms. The number of carbonyl (C=O) groups is 1. The van der Waals surface area contributed by atoms with Crippen LogP contribution in [0.5, 0.6) is 0 Å². The Labute approximate surface area is 148 Å². The first-order valence-electron chi connectivity index (χ1n) is 9.28. The predicted octanol–water partition coefficient (Wildman–Crippen LogP) is 2.06. The van der Waals surface area contributed by atoms with Crippen LogP contribution in [0.2, 0.25) is 0 Å². The maximum atomic E-state index is 13.8. The largest absolute Gasteiger partial charge is 0.393 e. The van der Waals surface area contributed by atoms with Gasteiger partial charge in [-0.2, -0.15) is 0 Å². The lowest BCUT2D eigenvalue weighted by Crippen LogP contribution is -2.37. The van der Waals surface area contributed by atoms with Gasteiger partial charge in [0.25, 0.3) is 0 Å². The van der Waals surface area contributed by atoms with E-state index >= 15 is 0 Å². The van der Waals surface area contributed by atoms with Crippen LogP contribution in [-0.2, 0) is 4.79 Å². The lowest BCUT2D eigenvalue weighted by molar-refractivity contribution is -0.127. The van der Waals surface area contributed by atoms with Crippen LogP contribution in [0.15, 0.2) is 18.2 Å². The Bertz CT molecular complexity index is 602. The van der Waals surface area contributed by atoms with E-state index in [0.717, 1.165) is 50.1 Å². The van der Waals surface area contributed by atoms with Crippen LogP contribution >= 0.6 is 0 Å². The average molecular weight is 349 g/mol. The van der Waals surface area contributed by atoms with Gasteiger partial charge in [-0.3, -0.25) is 4.79 Å². The van der Waals surface area contributed by atoms with Crippen molar-refractivity contribution in [1.29, 1.82) is 0 Å². The number of nitrogens with one attached hydrogen (secondary N) is 1. The van der Waals surface area contributed by atoms with E-state index in [2.05, 4.69) is 10.2 Å². The summed E-state index contributed by atoms with van der Waals surface area (Å²) in [5.74, 6) is -0.00747. The van der Waals surface area contributed by atoms with Crippen molar-refractivity contribution in [3.8, 4) is 0 Å². The minimum absolute atomic E-state index is 0.00439. The van der Waals surface area contributed by atoms with E-state index in [-0.39, 0.29) is 23.9 Å². The number of hydrogen-bond acceptors (Lipinski definition) is 4. The molecule has 2 fully saturated rings. The Hall–Kier alpha value is -1.66. The molecule has 0 radical (unpaired) electrons. The molecule has 2 N–H and O–H groups in total. The molecule has 0 aliphatic carbocycles. The van der Waals surface area contributed by atoms with E-state index in [1.54, 1.807) is 6.07 Å². The number of halogens is 1. The molecular weight excluding hydrogens is 321 g/mol. The van der Waals surface area contributed by atoms with Gasteiger partial charge < -0.3 is 20.2 Å². The van der Waals surface area contributed by atoms with E-state index in [1.807, 2.05) is 17.9 Å². The molecule has 1 atom stereocenters. The predicted molar refractivity (Wildman–Crippen MR) is 96.1 cm³/mol. The molecule has 2 heterocycles.